The quantitative estimate of drug-likeness (QED) is 0.878. The maximum absolute atomic E-state index is 12.1. The van der Waals surface area contributed by atoms with E-state index in [4.69, 9.17) is 11.6 Å². The highest BCUT2D eigenvalue weighted by Crippen LogP contribution is 2.15. The van der Waals surface area contributed by atoms with Crippen LogP contribution in [0.1, 0.15) is 19.2 Å². The summed E-state index contributed by atoms with van der Waals surface area (Å²) in [6, 6.07) is 4.96. The molecule has 0 spiro atoms. The molecule has 1 aromatic carbocycles. The minimum Gasteiger partial charge on any atom is -0.335 e. The van der Waals surface area contributed by atoms with Crippen LogP contribution in [0.25, 0.3) is 10.9 Å². The van der Waals surface area contributed by atoms with Gasteiger partial charge in [-0.05, 0) is 30.9 Å². The maximum Gasteiger partial charge on any atom is 0.258 e. The summed E-state index contributed by atoms with van der Waals surface area (Å²) >= 11 is 7.43. The van der Waals surface area contributed by atoms with Gasteiger partial charge in [-0.3, -0.25) is 9.59 Å². The third-order valence-corrected chi connectivity index (χ3v) is 3.94. The number of carbonyl (C=O) groups excluding carboxylic acids is 1. The number of rotatable bonds is 6. The highest BCUT2D eigenvalue weighted by molar-refractivity contribution is 7.99. The fourth-order valence-corrected chi connectivity index (χ4v) is 2.79. The molecule has 1 N–H and O–H groups in total. The van der Waals surface area contributed by atoms with Crippen LogP contribution < -0.4 is 5.56 Å². The first-order valence-electron chi connectivity index (χ1n) is 7.00. The Kier molecular flexibility index (Phi) is 5.85. The standard InChI is InChI=1S/C15H18ClN3O2S/c1-3-6-19(14(20)9-22-2)8-13-17-12-7-10(16)4-5-11(12)15(21)18-13/h4-5,7H,3,6,8-9H2,1-2H3,(H,17,18,21). The van der Waals surface area contributed by atoms with Crippen LogP contribution in [0.15, 0.2) is 23.0 Å². The van der Waals surface area contributed by atoms with Crippen molar-refractivity contribution >= 4 is 40.2 Å². The zero-order valence-corrected chi connectivity index (χ0v) is 14.1. The number of amides is 1. The molecular weight excluding hydrogens is 322 g/mol. The van der Waals surface area contributed by atoms with Gasteiger partial charge in [0.05, 0.1) is 23.2 Å². The summed E-state index contributed by atoms with van der Waals surface area (Å²) in [5, 5.41) is 1.02. The first kappa shape index (κ1) is 16.8. The van der Waals surface area contributed by atoms with Crippen molar-refractivity contribution in [2.24, 2.45) is 0 Å². The van der Waals surface area contributed by atoms with Gasteiger partial charge < -0.3 is 9.88 Å². The van der Waals surface area contributed by atoms with Crippen LogP contribution in [-0.4, -0.2) is 39.3 Å². The summed E-state index contributed by atoms with van der Waals surface area (Å²) in [4.78, 5) is 33.1. The molecule has 0 aliphatic heterocycles. The molecule has 1 heterocycles. The minimum atomic E-state index is -0.217. The number of fused-ring (bicyclic) bond motifs is 1. The molecule has 2 rings (SSSR count). The largest absolute Gasteiger partial charge is 0.335 e. The average molecular weight is 340 g/mol. The fraction of sp³-hybridized carbons (Fsp3) is 0.400. The number of H-pyrrole nitrogens is 1. The number of hydrogen-bond donors (Lipinski definition) is 1. The van der Waals surface area contributed by atoms with E-state index in [-0.39, 0.29) is 11.5 Å². The Morgan fingerprint density at radius 2 is 2.23 bits per heavy atom. The first-order valence-corrected chi connectivity index (χ1v) is 8.77. The lowest BCUT2D eigenvalue weighted by atomic mass is 10.2. The smallest absolute Gasteiger partial charge is 0.258 e. The predicted molar refractivity (Wildman–Crippen MR) is 91.5 cm³/mol. The van der Waals surface area contributed by atoms with Gasteiger partial charge in [0.25, 0.3) is 5.56 Å². The van der Waals surface area contributed by atoms with Gasteiger partial charge in [-0.1, -0.05) is 18.5 Å². The Labute approximate surface area is 138 Å². The molecule has 0 saturated heterocycles. The lowest BCUT2D eigenvalue weighted by Crippen LogP contribution is -2.34. The van der Waals surface area contributed by atoms with E-state index in [0.29, 0.717) is 40.6 Å². The normalized spacial score (nSPS) is 10.9. The highest BCUT2D eigenvalue weighted by Gasteiger charge is 2.14. The van der Waals surface area contributed by atoms with Crippen LogP contribution in [0.2, 0.25) is 5.02 Å². The number of halogens is 1. The van der Waals surface area contributed by atoms with Crippen LogP contribution in [0.3, 0.4) is 0 Å². The Hall–Kier alpha value is -1.53. The molecule has 0 aliphatic rings. The van der Waals surface area contributed by atoms with Gasteiger partial charge in [0.15, 0.2) is 0 Å². The Morgan fingerprint density at radius 3 is 2.91 bits per heavy atom. The number of benzene rings is 1. The summed E-state index contributed by atoms with van der Waals surface area (Å²) in [7, 11) is 0. The van der Waals surface area contributed by atoms with Gasteiger partial charge in [-0.2, -0.15) is 11.8 Å². The number of carbonyl (C=O) groups is 1. The highest BCUT2D eigenvalue weighted by atomic mass is 35.5. The molecule has 22 heavy (non-hydrogen) atoms. The van der Waals surface area contributed by atoms with Crippen LogP contribution in [-0.2, 0) is 11.3 Å². The molecule has 0 saturated carbocycles. The average Bonchev–Trinajstić information content (AvgIpc) is 2.46. The zero-order valence-electron chi connectivity index (χ0n) is 12.6. The van der Waals surface area contributed by atoms with Crippen molar-refractivity contribution in [1.29, 1.82) is 0 Å². The number of hydrogen-bond acceptors (Lipinski definition) is 4. The molecular formula is C15H18ClN3O2S. The van der Waals surface area contributed by atoms with Crippen molar-refractivity contribution in [1.82, 2.24) is 14.9 Å². The predicted octanol–water partition coefficient (Wildman–Crippen LogP) is 2.68. The van der Waals surface area contributed by atoms with E-state index >= 15 is 0 Å². The van der Waals surface area contributed by atoms with E-state index < -0.39 is 0 Å². The van der Waals surface area contributed by atoms with Crippen LogP contribution >= 0.6 is 23.4 Å². The molecule has 2 aromatic rings. The second-order valence-corrected chi connectivity index (χ2v) is 6.22. The van der Waals surface area contributed by atoms with Crippen molar-refractivity contribution in [2.75, 3.05) is 18.6 Å². The third kappa shape index (κ3) is 4.01. The third-order valence-electron chi connectivity index (χ3n) is 3.17. The van der Waals surface area contributed by atoms with Gasteiger partial charge in [0.2, 0.25) is 5.91 Å². The molecule has 7 heteroatoms. The lowest BCUT2D eigenvalue weighted by molar-refractivity contribution is -0.129. The summed E-state index contributed by atoms with van der Waals surface area (Å²) < 4.78 is 0. The summed E-state index contributed by atoms with van der Waals surface area (Å²) in [5.74, 6) is 0.940. The second-order valence-electron chi connectivity index (χ2n) is 4.92. The van der Waals surface area contributed by atoms with E-state index in [0.717, 1.165) is 6.42 Å². The first-order chi connectivity index (χ1) is 10.5. The number of aromatic amines is 1. The number of thioether (sulfide) groups is 1. The molecule has 1 aromatic heterocycles. The molecule has 0 bridgehead atoms. The zero-order chi connectivity index (χ0) is 16.1. The summed E-state index contributed by atoms with van der Waals surface area (Å²) in [6.07, 6.45) is 2.74. The molecule has 1 amide bonds. The Balaban J connectivity index is 2.32. The van der Waals surface area contributed by atoms with Crippen LogP contribution in [0.5, 0.6) is 0 Å². The van der Waals surface area contributed by atoms with Gasteiger partial charge in [-0.15, -0.1) is 0 Å². The maximum atomic E-state index is 12.1. The monoisotopic (exact) mass is 339 g/mol. The summed E-state index contributed by atoms with van der Waals surface area (Å²) in [5.41, 5.74) is 0.324. The van der Waals surface area contributed by atoms with E-state index in [1.807, 2.05) is 13.2 Å². The molecule has 118 valence electrons. The topological polar surface area (TPSA) is 66.1 Å². The Bertz CT molecular complexity index is 732. The molecule has 0 aliphatic carbocycles. The molecule has 5 nitrogen and oxygen atoms in total. The van der Waals surface area contributed by atoms with Gasteiger partial charge in [-0.25, -0.2) is 4.98 Å². The minimum absolute atomic E-state index is 0.0446. The van der Waals surface area contributed by atoms with E-state index in [2.05, 4.69) is 9.97 Å². The van der Waals surface area contributed by atoms with Gasteiger partial charge in [0.1, 0.15) is 5.82 Å². The lowest BCUT2D eigenvalue weighted by Gasteiger charge is -2.21. The second kappa shape index (κ2) is 7.65. The van der Waals surface area contributed by atoms with Crippen molar-refractivity contribution < 1.29 is 4.79 Å². The number of nitrogens with zero attached hydrogens (tertiary/aromatic N) is 2. The molecule has 0 atom stereocenters. The van der Waals surface area contributed by atoms with Crippen molar-refractivity contribution in [3.8, 4) is 0 Å². The summed E-state index contributed by atoms with van der Waals surface area (Å²) in [6.45, 7) is 2.94. The molecule has 0 fully saturated rings. The fourth-order valence-electron chi connectivity index (χ4n) is 2.19. The number of nitrogens with one attached hydrogen (secondary N) is 1. The van der Waals surface area contributed by atoms with Crippen molar-refractivity contribution in [2.45, 2.75) is 19.9 Å². The van der Waals surface area contributed by atoms with Gasteiger partial charge in [0, 0.05) is 11.6 Å². The SMILES string of the molecule is CCCN(Cc1nc2cc(Cl)ccc2c(=O)[nH]1)C(=O)CSC. The van der Waals surface area contributed by atoms with Crippen molar-refractivity contribution in [3.05, 3.63) is 39.4 Å². The van der Waals surface area contributed by atoms with Crippen molar-refractivity contribution in [3.63, 3.8) is 0 Å². The van der Waals surface area contributed by atoms with Crippen LogP contribution in [0.4, 0.5) is 0 Å². The Morgan fingerprint density at radius 1 is 1.45 bits per heavy atom. The van der Waals surface area contributed by atoms with E-state index in [1.54, 1.807) is 23.1 Å². The van der Waals surface area contributed by atoms with E-state index in [1.165, 1.54) is 11.8 Å². The van der Waals surface area contributed by atoms with Crippen LogP contribution in [0, 0.1) is 0 Å². The van der Waals surface area contributed by atoms with E-state index in [9.17, 15) is 9.59 Å². The van der Waals surface area contributed by atoms with Gasteiger partial charge >= 0.3 is 0 Å². The molecule has 0 radical (unpaired) electrons. The molecule has 0 unspecified atom stereocenters. The number of aromatic nitrogens is 2.